The van der Waals surface area contributed by atoms with Gasteiger partial charge in [-0.05, 0) is 77.0 Å². The van der Waals surface area contributed by atoms with Crippen molar-refractivity contribution in [3.8, 4) is 0 Å². The van der Waals surface area contributed by atoms with Crippen LogP contribution in [0.2, 0.25) is 0 Å². The van der Waals surface area contributed by atoms with E-state index < -0.39 is 124 Å². The molecule has 17 unspecified atom stereocenters. The number of hydrogen-bond acceptors (Lipinski definition) is 18. The van der Waals surface area contributed by atoms with Gasteiger partial charge in [0, 0.05) is 6.42 Å². The Balaban J connectivity index is 1.38. The normalized spacial score (nSPS) is 30.5. The monoisotopic (exact) mass is 1150 g/mol. The lowest BCUT2D eigenvalue weighted by atomic mass is 9.96. The summed E-state index contributed by atoms with van der Waals surface area (Å²) in [6.07, 6.45) is 28.8. The molecule has 0 saturated carbocycles. The number of hydrogen-bond donors (Lipinski definition) is 12. The SMILES string of the molecule is CC/C=C\C/C=C\C/C=C\C/C=C\C/C=C\C/C=C\CCCCCCCCCCCCC(=O)NC(COC1OC(CO)C(OC2OC(CO)C(OC3OC(CO)C(O)C(O)C3O)C(O)C2O)C(O)C1O)C(O)/C=C/CC/C=C/CCC. The van der Waals surface area contributed by atoms with Crippen LogP contribution in [0.1, 0.15) is 155 Å². The van der Waals surface area contributed by atoms with Gasteiger partial charge in [-0.3, -0.25) is 4.79 Å². The van der Waals surface area contributed by atoms with E-state index in [1.54, 1.807) is 12.2 Å². The minimum atomic E-state index is -1.98. The Hall–Kier alpha value is -3.29. The van der Waals surface area contributed by atoms with E-state index >= 15 is 0 Å². The molecule has 12 N–H and O–H groups in total. The Labute approximate surface area is 482 Å². The number of ether oxygens (including phenoxy) is 6. The van der Waals surface area contributed by atoms with Crippen LogP contribution in [0.3, 0.4) is 0 Å². The van der Waals surface area contributed by atoms with Gasteiger partial charge in [0.1, 0.15) is 73.2 Å². The minimum Gasteiger partial charge on any atom is -0.394 e. The van der Waals surface area contributed by atoms with Gasteiger partial charge in [0.05, 0.1) is 38.6 Å². The highest BCUT2D eigenvalue weighted by Crippen LogP contribution is 2.33. The molecular formula is C62H103NO18. The highest BCUT2D eigenvalue weighted by molar-refractivity contribution is 5.76. The summed E-state index contributed by atoms with van der Waals surface area (Å²) in [7, 11) is 0. The van der Waals surface area contributed by atoms with Crippen LogP contribution in [0.15, 0.2) is 97.2 Å². The van der Waals surface area contributed by atoms with Crippen molar-refractivity contribution in [2.75, 3.05) is 26.4 Å². The minimum absolute atomic E-state index is 0.223. The number of aliphatic hydroxyl groups excluding tert-OH is 11. The van der Waals surface area contributed by atoms with Crippen LogP contribution >= 0.6 is 0 Å². The largest absolute Gasteiger partial charge is 0.394 e. The molecule has 3 fully saturated rings. The second-order valence-electron chi connectivity index (χ2n) is 21.1. The maximum atomic E-state index is 13.3. The van der Waals surface area contributed by atoms with Crippen molar-refractivity contribution in [1.82, 2.24) is 5.32 Å². The van der Waals surface area contributed by atoms with Crippen LogP contribution in [-0.4, -0.2) is 193 Å². The summed E-state index contributed by atoms with van der Waals surface area (Å²) in [5.74, 6) is -0.301. The Bertz CT molecular complexity index is 1850. The van der Waals surface area contributed by atoms with Crippen LogP contribution in [-0.2, 0) is 33.2 Å². The third-order valence-corrected chi connectivity index (χ3v) is 14.3. The van der Waals surface area contributed by atoms with Gasteiger partial charge in [0.25, 0.3) is 0 Å². The fourth-order valence-electron chi connectivity index (χ4n) is 9.45. The molecule has 81 heavy (non-hydrogen) atoms. The second-order valence-corrected chi connectivity index (χ2v) is 21.1. The topological polar surface area (TPSA) is 307 Å². The summed E-state index contributed by atoms with van der Waals surface area (Å²) < 4.78 is 34.1. The summed E-state index contributed by atoms with van der Waals surface area (Å²) in [6, 6.07) is -0.995. The first kappa shape index (κ1) is 72.0. The highest BCUT2D eigenvalue weighted by Gasteiger charge is 2.53. The van der Waals surface area contributed by atoms with Crippen molar-refractivity contribution >= 4 is 5.91 Å². The molecule has 19 nitrogen and oxygen atoms in total. The smallest absolute Gasteiger partial charge is 0.220 e. The van der Waals surface area contributed by atoms with Gasteiger partial charge in [-0.2, -0.15) is 0 Å². The van der Waals surface area contributed by atoms with Crippen LogP contribution < -0.4 is 5.32 Å². The molecule has 3 aliphatic heterocycles. The standard InChI is InChI=1S/C62H103NO18/c1-3-5-7-9-11-12-13-14-15-16-17-18-19-20-21-22-23-24-25-26-27-28-29-30-31-32-34-36-38-40-50(68)63-45(46(67)39-37-35-33-10-8-6-4-2)44-76-60-56(74)53(71)58(48(42-65)78-60)81-62-57(75)54(72)59(49(43-66)79-62)80-61-55(73)52(70)51(69)47(41-64)77-61/h5,7-8,10-12,14-15,17-18,20-21,23-24,37,39,45-49,51-62,64-67,69-75H,3-4,6,9,13,16,19,22,25-36,38,40-44H2,1-2H3,(H,63,68)/b7-5-,10-8+,12-11-,15-14-,18-17-,21-20-,24-23-,39-37+. The number of carbonyl (C=O) groups is 1. The van der Waals surface area contributed by atoms with Gasteiger partial charge in [-0.1, -0.05) is 169 Å². The van der Waals surface area contributed by atoms with E-state index in [4.69, 9.17) is 28.4 Å². The van der Waals surface area contributed by atoms with Gasteiger partial charge in [-0.15, -0.1) is 0 Å². The number of allylic oxidation sites excluding steroid dienone is 15. The molecule has 0 spiro atoms. The predicted octanol–water partition coefficient (Wildman–Crippen LogP) is 5.37. The van der Waals surface area contributed by atoms with Crippen LogP contribution in [0.4, 0.5) is 0 Å². The number of aliphatic hydroxyl groups is 11. The summed E-state index contributed by atoms with van der Waals surface area (Å²) >= 11 is 0. The van der Waals surface area contributed by atoms with E-state index in [1.165, 1.54) is 32.1 Å². The van der Waals surface area contributed by atoms with E-state index in [0.29, 0.717) is 12.8 Å². The molecule has 0 radical (unpaired) electrons. The molecule has 464 valence electrons. The maximum absolute atomic E-state index is 13.3. The van der Waals surface area contributed by atoms with Crippen LogP contribution in [0.25, 0.3) is 0 Å². The third kappa shape index (κ3) is 28.0. The van der Waals surface area contributed by atoms with Gasteiger partial charge in [0.15, 0.2) is 18.9 Å². The van der Waals surface area contributed by atoms with Crippen molar-refractivity contribution in [3.63, 3.8) is 0 Å². The van der Waals surface area contributed by atoms with Gasteiger partial charge >= 0.3 is 0 Å². The van der Waals surface area contributed by atoms with E-state index in [9.17, 15) is 61.0 Å². The molecule has 3 saturated heterocycles. The Morgan fingerprint density at radius 2 is 0.864 bits per heavy atom. The lowest BCUT2D eigenvalue weighted by Gasteiger charge is -2.48. The predicted molar refractivity (Wildman–Crippen MR) is 309 cm³/mol. The molecule has 0 aromatic heterocycles. The summed E-state index contributed by atoms with van der Waals surface area (Å²) in [4.78, 5) is 13.3. The lowest BCUT2D eigenvalue weighted by Crippen LogP contribution is -2.66. The molecule has 0 bridgehead atoms. The van der Waals surface area contributed by atoms with E-state index in [2.05, 4.69) is 104 Å². The summed E-state index contributed by atoms with van der Waals surface area (Å²) in [5.41, 5.74) is 0. The molecular weight excluding hydrogens is 1050 g/mol. The highest BCUT2D eigenvalue weighted by atomic mass is 16.8. The molecule has 17 atom stereocenters. The number of amides is 1. The van der Waals surface area contributed by atoms with Crippen LogP contribution in [0.5, 0.6) is 0 Å². The first-order chi connectivity index (χ1) is 39.3. The molecule has 19 heteroatoms. The van der Waals surface area contributed by atoms with Crippen molar-refractivity contribution in [1.29, 1.82) is 0 Å². The maximum Gasteiger partial charge on any atom is 0.220 e. The van der Waals surface area contributed by atoms with Gasteiger partial charge in [0.2, 0.25) is 5.91 Å². The summed E-state index contributed by atoms with van der Waals surface area (Å²) in [5, 5.41) is 120. The van der Waals surface area contributed by atoms with E-state index in [1.807, 2.05) is 0 Å². The van der Waals surface area contributed by atoms with Crippen molar-refractivity contribution < 1.29 is 89.4 Å². The van der Waals surface area contributed by atoms with E-state index in [-0.39, 0.29) is 18.9 Å². The van der Waals surface area contributed by atoms with Crippen molar-refractivity contribution in [3.05, 3.63) is 97.2 Å². The van der Waals surface area contributed by atoms with Crippen molar-refractivity contribution in [2.45, 2.75) is 259 Å². The number of rotatable bonds is 42. The fraction of sp³-hybridized carbons (Fsp3) is 0.726. The zero-order chi connectivity index (χ0) is 59.0. The molecule has 0 aromatic carbocycles. The number of unbranched alkanes of at least 4 members (excludes halogenated alkanes) is 12. The molecule has 1 amide bonds. The number of nitrogens with one attached hydrogen (secondary N) is 1. The zero-order valence-corrected chi connectivity index (χ0v) is 48.2. The lowest BCUT2D eigenvalue weighted by molar-refractivity contribution is -0.379. The molecule has 3 rings (SSSR count). The number of carbonyl (C=O) groups excluding carboxylic acids is 1. The zero-order valence-electron chi connectivity index (χ0n) is 48.2. The first-order valence-corrected chi connectivity index (χ1v) is 30.0. The third-order valence-electron chi connectivity index (χ3n) is 14.3. The Kier molecular flexibility index (Phi) is 39.3. The Morgan fingerprint density at radius 3 is 1.37 bits per heavy atom. The van der Waals surface area contributed by atoms with Crippen molar-refractivity contribution in [2.24, 2.45) is 0 Å². The van der Waals surface area contributed by atoms with Gasteiger partial charge in [-0.25, -0.2) is 0 Å². The fourth-order valence-corrected chi connectivity index (χ4v) is 9.45. The molecule has 3 aliphatic rings. The van der Waals surface area contributed by atoms with Crippen LogP contribution in [0, 0.1) is 0 Å². The molecule has 0 aromatic rings. The first-order valence-electron chi connectivity index (χ1n) is 30.0. The Morgan fingerprint density at radius 1 is 0.457 bits per heavy atom. The molecule has 0 aliphatic carbocycles. The van der Waals surface area contributed by atoms with Gasteiger partial charge < -0.3 is 89.9 Å². The quantitative estimate of drug-likeness (QED) is 0.0270. The molecule has 3 heterocycles. The second kappa shape index (κ2) is 44.2. The average molecular weight is 1150 g/mol. The average Bonchev–Trinajstić information content (AvgIpc) is 3.48. The summed E-state index contributed by atoms with van der Waals surface area (Å²) in [6.45, 7) is 1.43. The van der Waals surface area contributed by atoms with E-state index in [0.717, 1.165) is 89.9 Å².